The maximum absolute atomic E-state index is 8.57. The SMILES string of the molecule is N=[SH-]=O.c1ccc(-c2ccccc2)cc1. The number of hydrogen-bond donors (Lipinski definition) is 1. The van der Waals surface area contributed by atoms with Crippen LogP contribution in [-0.2, 0) is 15.7 Å². The summed E-state index contributed by atoms with van der Waals surface area (Å²) in [5.74, 6) is 0. The summed E-state index contributed by atoms with van der Waals surface area (Å²) in [7, 11) is 0. The van der Waals surface area contributed by atoms with Crippen molar-refractivity contribution in [3.05, 3.63) is 60.7 Å². The van der Waals surface area contributed by atoms with Gasteiger partial charge in [-0.15, -0.1) is 0 Å². The van der Waals surface area contributed by atoms with Crippen LogP contribution >= 0.6 is 0 Å². The highest BCUT2D eigenvalue weighted by Crippen LogP contribution is 2.17. The van der Waals surface area contributed by atoms with Crippen molar-refractivity contribution in [1.82, 2.24) is 0 Å². The third kappa shape index (κ3) is 3.95. The molecule has 0 aliphatic heterocycles. The zero-order valence-electron chi connectivity index (χ0n) is 8.13. The molecule has 0 saturated heterocycles. The second kappa shape index (κ2) is 6.79. The lowest BCUT2D eigenvalue weighted by atomic mass is 10.1. The fraction of sp³-hybridized carbons (Fsp3) is 0. The maximum atomic E-state index is 8.57. The Labute approximate surface area is 92.6 Å². The minimum atomic E-state index is -0.583. The lowest BCUT2D eigenvalue weighted by Crippen LogP contribution is -1.73. The van der Waals surface area contributed by atoms with Crippen LogP contribution in [-0.4, -0.2) is 0 Å². The van der Waals surface area contributed by atoms with Gasteiger partial charge in [-0.2, -0.15) is 0 Å². The van der Waals surface area contributed by atoms with Gasteiger partial charge in [0.2, 0.25) is 0 Å². The molecule has 0 aromatic heterocycles. The Bertz CT molecular complexity index is 384. The number of hydrogen-bond acceptors (Lipinski definition) is 3. The van der Waals surface area contributed by atoms with E-state index >= 15 is 0 Å². The van der Waals surface area contributed by atoms with E-state index in [-0.39, 0.29) is 0 Å². The molecular formula is C12H12NOS-. The molecule has 3 heteroatoms. The van der Waals surface area contributed by atoms with Crippen LogP contribution < -0.4 is 0 Å². The van der Waals surface area contributed by atoms with Gasteiger partial charge >= 0.3 is 0 Å². The van der Waals surface area contributed by atoms with Crippen molar-refractivity contribution in [2.24, 2.45) is 0 Å². The molecule has 2 nitrogen and oxygen atoms in total. The van der Waals surface area contributed by atoms with Gasteiger partial charge in [0.15, 0.2) is 0 Å². The molecule has 0 saturated carbocycles. The molecule has 2 rings (SSSR count). The summed E-state index contributed by atoms with van der Waals surface area (Å²) in [5, 5.41) is 0. The van der Waals surface area contributed by atoms with E-state index in [9.17, 15) is 0 Å². The van der Waals surface area contributed by atoms with E-state index in [1.165, 1.54) is 11.1 Å². The number of benzene rings is 2. The predicted molar refractivity (Wildman–Crippen MR) is 64.0 cm³/mol. The first-order valence-electron chi connectivity index (χ1n) is 4.48. The molecule has 2 aromatic carbocycles. The summed E-state index contributed by atoms with van der Waals surface area (Å²) in [6.45, 7) is 0. The standard InChI is InChI=1S/C12H10.H2NOS/c1-3-7-11(8-4-1)12-9-5-2-6-10-12;1-3-2/h1-10H;1,3H/q;-1. The number of nitrogens with one attached hydrogen (secondary N) is 1. The summed E-state index contributed by atoms with van der Waals surface area (Å²) in [4.78, 5) is 0. The van der Waals surface area contributed by atoms with Crippen LogP contribution in [0.4, 0.5) is 0 Å². The first-order chi connectivity index (χ1) is 7.38. The molecule has 0 aliphatic carbocycles. The summed E-state index contributed by atoms with van der Waals surface area (Å²) in [6, 6.07) is 20.8. The van der Waals surface area contributed by atoms with Crippen molar-refractivity contribution < 1.29 is 4.21 Å². The fourth-order valence-corrected chi connectivity index (χ4v) is 1.26. The van der Waals surface area contributed by atoms with Crippen LogP contribution in [0, 0.1) is 4.78 Å². The largest absolute Gasteiger partial charge is 0.448 e. The third-order valence-corrected chi connectivity index (χ3v) is 1.88. The fourth-order valence-electron chi connectivity index (χ4n) is 1.26. The van der Waals surface area contributed by atoms with Gasteiger partial charge in [-0.1, -0.05) is 60.7 Å². The Hall–Kier alpha value is -1.61. The van der Waals surface area contributed by atoms with E-state index in [1.54, 1.807) is 0 Å². The highest BCUT2D eigenvalue weighted by atomic mass is 32.1. The van der Waals surface area contributed by atoms with Crippen molar-refractivity contribution in [2.75, 3.05) is 0 Å². The molecule has 0 fully saturated rings. The number of thiol groups is 1. The molecule has 0 unspecified atom stereocenters. The average molecular weight is 218 g/mol. The molecule has 0 radical (unpaired) electrons. The molecule has 0 heterocycles. The predicted octanol–water partition coefficient (Wildman–Crippen LogP) is 3.26. The molecule has 0 bridgehead atoms. The van der Waals surface area contributed by atoms with Crippen molar-refractivity contribution in [2.45, 2.75) is 0 Å². The van der Waals surface area contributed by atoms with E-state index in [0.29, 0.717) is 0 Å². The topological polar surface area (TPSA) is 40.9 Å². The summed E-state index contributed by atoms with van der Waals surface area (Å²) in [6.07, 6.45) is 0. The van der Waals surface area contributed by atoms with Crippen LogP contribution in [0.15, 0.2) is 60.7 Å². The molecular weight excluding hydrogens is 206 g/mol. The van der Waals surface area contributed by atoms with Crippen molar-refractivity contribution in [3.8, 4) is 11.1 Å². The van der Waals surface area contributed by atoms with Crippen LogP contribution in [0.25, 0.3) is 11.1 Å². The molecule has 0 spiro atoms. The molecule has 78 valence electrons. The van der Waals surface area contributed by atoms with E-state index in [4.69, 9.17) is 8.99 Å². The third-order valence-electron chi connectivity index (χ3n) is 1.88. The van der Waals surface area contributed by atoms with Gasteiger partial charge in [0, 0.05) is 0 Å². The van der Waals surface area contributed by atoms with Gasteiger partial charge < -0.3 is 8.99 Å². The maximum Gasteiger partial charge on any atom is -0.0184 e. The summed E-state index contributed by atoms with van der Waals surface area (Å²) in [5.41, 5.74) is 2.55. The van der Waals surface area contributed by atoms with E-state index in [2.05, 4.69) is 48.5 Å². The second-order valence-electron chi connectivity index (χ2n) is 2.82. The minimum Gasteiger partial charge on any atom is -0.448 e. The highest BCUT2D eigenvalue weighted by molar-refractivity contribution is 7.52. The molecule has 15 heavy (non-hydrogen) atoms. The molecule has 1 N–H and O–H groups in total. The second-order valence-corrected chi connectivity index (χ2v) is 3.01. The Morgan fingerprint density at radius 1 is 0.733 bits per heavy atom. The van der Waals surface area contributed by atoms with Gasteiger partial charge in [-0.3, -0.25) is 0 Å². The molecule has 2 aromatic rings. The quantitative estimate of drug-likeness (QED) is 0.579. The average Bonchev–Trinajstić information content (AvgIpc) is 2.32. The molecule has 0 atom stereocenters. The minimum absolute atomic E-state index is 0.583. The van der Waals surface area contributed by atoms with Crippen LogP contribution in [0.1, 0.15) is 0 Å². The van der Waals surface area contributed by atoms with Gasteiger partial charge in [-0.05, 0) is 11.1 Å². The van der Waals surface area contributed by atoms with Crippen LogP contribution in [0.3, 0.4) is 0 Å². The smallest absolute Gasteiger partial charge is 0.0184 e. The van der Waals surface area contributed by atoms with Crippen LogP contribution in [0.2, 0.25) is 0 Å². The van der Waals surface area contributed by atoms with Crippen LogP contribution in [0.5, 0.6) is 0 Å². The first kappa shape index (κ1) is 11.5. The lowest BCUT2D eigenvalue weighted by Gasteiger charge is -1.98. The van der Waals surface area contributed by atoms with Crippen molar-refractivity contribution >= 4 is 11.5 Å². The Kier molecular flexibility index (Phi) is 5.19. The normalized spacial score (nSPS) is 8.80. The van der Waals surface area contributed by atoms with Gasteiger partial charge in [0.05, 0.1) is 0 Å². The van der Waals surface area contributed by atoms with Gasteiger partial charge in [-0.25, -0.2) is 11.5 Å². The van der Waals surface area contributed by atoms with Crippen molar-refractivity contribution in [1.29, 1.82) is 4.78 Å². The molecule has 0 aliphatic rings. The van der Waals surface area contributed by atoms with E-state index in [1.807, 2.05) is 12.1 Å². The Morgan fingerprint density at radius 2 is 1.00 bits per heavy atom. The zero-order chi connectivity index (χ0) is 10.9. The molecule has 0 amide bonds. The van der Waals surface area contributed by atoms with E-state index in [0.717, 1.165) is 0 Å². The number of rotatable bonds is 1. The van der Waals surface area contributed by atoms with Crippen molar-refractivity contribution in [3.63, 3.8) is 0 Å². The first-order valence-corrected chi connectivity index (χ1v) is 5.29. The Balaban J connectivity index is 0.000000337. The lowest BCUT2D eigenvalue weighted by molar-refractivity contribution is 0.608. The monoisotopic (exact) mass is 218 g/mol. The summed E-state index contributed by atoms with van der Waals surface area (Å²) >= 11 is -0.583. The highest BCUT2D eigenvalue weighted by Gasteiger charge is 1.91. The summed E-state index contributed by atoms with van der Waals surface area (Å²) < 4.78 is 14.2. The zero-order valence-corrected chi connectivity index (χ0v) is 9.02. The van der Waals surface area contributed by atoms with E-state index < -0.39 is 11.5 Å². The van der Waals surface area contributed by atoms with Gasteiger partial charge in [0.1, 0.15) is 0 Å². The Morgan fingerprint density at radius 3 is 1.27 bits per heavy atom. The van der Waals surface area contributed by atoms with Gasteiger partial charge in [0.25, 0.3) is 0 Å².